The number of nitrogens with one attached hydrogen (secondary N) is 2. The maximum absolute atomic E-state index is 11.2. The zero-order valence-corrected chi connectivity index (χ0v) is 13.3. The van der Waals surface area contributed by atoms with E-state index < -0.39 is 6.10 Å². The van der Waals surface area contributed by atoms with Gasteiger partial charge in [-0.05, 0) is 31.6 Å². The molecule has 0 bridgehead atoms. The van der Waals surface area contributed by atoms with E-state index in [0.717, 1.165) is 12.8 Å². The summed E-state index contributed by atoms with van der Waals surface area (Å²) >= 11 is 0. The first-order valence-electron chi connectivity index (χ1n) is 8.01. The molecule has 0 aromatic rings. The Morgan fingerprint density at radius 1 is 1.43 bits per heavy atom. The van der Waals surface area contributed by atoms with Crippen molar-refractivity contribution in [1.82, 2.24) is 10.6 Å². The molecule has 0 saturated carbocycles. The first-order chi connectivity index (χ1) is 10.1. The number of allylic oxidation sites excluding steroid dienone is 2. The first kappa shape index (κ1) is 18.1. The molecule has 0 fully saturated rings. The molecular formula is C16H30N2O3. The molecule has 0 aromatic carbocycles. The standard InChI is InChI=1S/C16H30N2O3/c1-3-18-16(20)8-9-17-10-15(19)12-21-11-14-7-5-4-6-13(14)2/h4-5,13-15,17,19H,3,6-12H2,1-2H3,(H,18,20). The molecule has 0 saturated heterocycles. The van der Waals surface area contributed by atoms with Crippen LogP contribution in [0.4, 0.5) is 0 Å². The van der Waals surface area contributed by atoms with Gasteiger partial charge < -0.3 is 20.5 Å². The Balaban J connectivity index is 1.99. The van der Waals surface area contributed by atoms with Crippen molar-refractivity contribution < 1.29 is 14.6 Å². The molecule has 0 aliphatic heterocycles. The normalized spacial score (nSPS) is 23.0. The second kappa shape index (κ2) is 10.8. The highest BCUT2D eigenvalue weighted by Crippen LogP contribution is 2.24. The molecule has 122 valence electrons. The van der Waals surface area contributed by atoms with Gasteiger partial charge in [0.1, 0.15) is 0 Å². The Hall–Kier alpha value is -0.910. The van der Waals surface area contributed by atoms with Crippen molar-refractivity contribution in [3.05, 3.63) is 12.2 Å². The van der Waals surface area contributed by atoms with Gasteiger partial charge in [-0.2, -0.15) is 0 Å². The van der Waals surface area contributed by atoms with Gasteiger partial charge in [-0.15, -0.1) is 0 Å². The zero-order valence-electron chi connectivity index (χ0n) is 13.3. The van der Waals surface area contributed by atoms with E-state index in [2.05, 4.69) is 29.7 Å². The number of ether oxygens (including phenoxy) is 1. The summed E-state index contributed by atoms with van der Waals surface area (Å²) in [4.78, 5) is 11.2. The third kappa shape index (κ3) is 8.19. The summed E-state index contributed by atoms with van der Waals surface area (Å²) in [6.07, 6.45) is 6.56. The van der Waals surface area contributed by atoms with Crippen LogP contribution < -0.4 is 10.6 Å². The highest BCUT2D eigenvalue weighted by Gasteiger charge is 2.18. The molecule has 1 amide bonds. The molecule has 0 spiro atoms. The molecule has 1 rings (SSSR count). The fourth-order valence-electron chi connectivity index (χ4n) is 2.41. The van der Waals surface area contributed by atoms with E-state index in [1.54, 1.807) is 0 Å². The summed E-state index contributed by atoms with van der Waals surface area (Å²) in [5.74, 6) is 1.25. The lowest BCUT2D eigenvalue weighted by atomic mass is 9.85. The molecule has 5 heteroatoms. The fraction of sp³-hybridized carbons (Fsp3) is 0.812. The van der Waals surface area contributed by atoms with E-state index in [4.69, 9.17) is 4.74 Å². The van der Waals surface area contributed by atoms with Gasteiger partial charge in [0.2, 0.25) is 5.91 Å². The molecular weight excluding hydrogens is 268 g/mol. The summed E-state index contributed by atoms with van der Waals surface area (Å²) in [6.45, 7) is 6.89. The molecule has 3 atom stereocenters. The third-order valence-electron chi connectivity index (χ3n) is 3.84. The van der Waals surface area contributed by atoms with Gasteiger partial charge in [-0.1, -0.05) is 19.1 Å². The second-order valence-electron chi connectivity index (χ2n) is 5.78. The monoisotopic (exact) mass is 298 g/mol. The Morgan fingerprint density at radius 2 is 2.19 bits per heavy atom. The topological polar surface area (TPSA) is 70.6 Å². The van der Waals surface area contributed by atoms with Gasteiger partial charge in [-0.3, -0.25) is 4.79 Å². The number of rotatable bonds is 10. The number of carbonyl (C=O) groups excluding carboxylic acids is 1. The molecule has 5 nitrogen and oxygen atoms in total. The lowest BCUT2D eigenvalue weighted by molar-refractivity contribution is -0.120. The third-order valence-corrected chi connectivity index (χ3v) is 3.84. The van der Waals surface area contributed by atoms with Crippen LogP contribution in [0.3, 0.4) is 0 Å². The number of hydrogen-bond donors (Lipinski definition) is 3. The lowest BCUT2D eigenvalue weighted by Crippen LogP contribution is -2.34. The second-order valence-corrected chi connectivity index (χ2v) is 5.78. The number of amides is 1. The summed E-state index contributed by atoms with van der Waals surface area (Å²) in [6, 6.07) is 0. The minimum Gasteiger partial charge on any atom is -0.389 e. The Kier molecular flexibility index (Phi) is 9.30. The summed E-state index contributed by atoms with van der Waals surface area (Å²) in [5, 5.41) is 15.6. The predicted octanol–water partition coefficient (Wildman–Crippen LogP) is 1.08. The van der Waals surface area contributed by atoms with Crippen LogP contribution in [0.1, 0.15) is 33.1 Å². The van der Waals surface area contributed by atoms with Crippen molar-refractivity contribution in [3.63, 3.8) is 0 Å². The highest BCUT2D eigenvalue weighted by atomic mass is 16.5. The quantitative estimate of drug-likeness (QED) is 0.417. The van der Waals surface area contributed by atoms with Crippen molar-refractivity contribution in [3.8, 4) is 0 Å². The number of carbonyl (C=O) groups is 1. The number of aliphatic hydroxyl groups is 1. The summed E-state index contributed by atoms with van der Waals surface area (Å²) in [5.41, 5.74) is 0. The molecule has 0 aromatic heterocycles. The van der Waals surface area contributed by atoms with Crippen molar-refractivity contribution in [2.45, 2.75) is 39.2 Å². The fourth-order valence-corrected chi connectivity index (χ4v) is 2.41. The molecule has 0 heterocycles. The molecule has 0 radical (unpaired) electrons. The van der Waals surface area contributed by atoms with E-state index in [1.807, 2.05) is 6.92 Å². The van der Waals surface area contributed by atoms with Crippen LogP contribution in [0.5, 0.6) is 0 Å². The Labute approximate surface area is 128 Å². The van der Waals surface area contributed by atoms with Gasteiger partial charge >= 0.3 is 0 Å². The minimum absolute atomic E-state index is 0.0371. The summed E-state index contributed by atoms with van der Waals surface area (Å²) in [7, 11) is 0. The summed E-state index contributed by atoms with van der Waals surface area (Å²) < 4.78 is 5.62. The van der Waals surface area contributed by atoms with E-state index in [1.165, 1.54) is 0 Å². The number of aliphatic hydroxyl groups excluding tert-OH is 1. The van der Waals surface area contributed by atoms with Crippen LogP contribution in [-0.4, -0.2) is 50.0 Å². The van der Waals surface area contributed by atoms with Gasteiger partial charge in [-0.25, -0.2) is 0 Å². The SMILES string of the molecule is CCNC(=O)CCNCC(O)COCC1CC=CCC1C. The minimum atomic E-state index is -0.520. The molecule has 21 heavy (non-hydrogen) atoms. The Bertz CT molecular complexity index is 321. The van der Waals surface area contributed by atoms with Crippen LogP contribution in [0, 0.1) is 11.8 Å². The maximum atomic E-state index is 11.2. The average Bonchev–Trinajstić information content (AvgIpc) is 2.46. The van der Waals surface area contributed by atoms with Crippen molar-refractivity contribution >= 4 is 5.91 Å². The van der Waals surface area contributed by atoms with Gasteiger partial charge in [0.25, 0.3) is 0 Å². The van der Waals surface area contributed by atoms with Crippen molar-refractivity contribution in [2.75, 3.05) is 32.8 Å². The van der Waals surface area contributed by atoms with Gasteiger partial charge in [0.05, 0.1) is 19.3 Å². The maximum Gasteiger partial charge on any atom is 0.221 e. The van der Waals surface area contributed by atoms with Crippen LogP contribution in [0.15, 0.2) is 12.2 Å². The smallest absolute Gasteiger partial charge is 0.221 e. The molecule has 3 unspecified atom stereocenters. The van der Waals surface area contributed by atoms with Gasteiger partial charge in [0, 0.05) is 26.1 Å². The van der Waals surface area contributed by atoms with Gasteiger partial charge in [0.15, 0.2) is 0 Å². The van der Waals surface area contributed by atoms with Crippen LogP contribution in [0.25, 0.3) is 0 Å². The average molecular weight is 298 g/mol. The van der Waals surface area contributed by atoms with Crippen LogP contribution in [0.2, 0.25) is 0 Å². The van der Waals surface area contributed by atoms with Crippen molar-refractivity contribution in [1.29, 1.82) is 0 Å². The van der Waals surface area contributed by atoms with E-state index in [9.17, 15) is 9.90 Å². The lowest BCUT2D eigenvalue weighted by Gasteiger charge is -2.25. The zero-order chi connectivity index (χ0) is 15.5. The molecule has 1 aliphatic rings. The Morgan fingerprint density at radius 3 is 2.90 bits per heavy atom. The van der Waals surface area contributed by atoms with E-state index in [0.29, 0.717) is 51.1 Å². The number of hydrogen-bond acceptors (Lipinski definition) is 4. The molecule has 1 aliphatic carbocycles. The van der Waals surface area contributed by atoms with E-state index in [-0.39, 0.29) is 5.91 Å². The predicted molar refractivity (Wildman–Crippen MR) is 84.0 cm³/mol. The largest absolute Gasteiger partial charge is 0.389 e. The van der Waals surface area contributed by atoms with Crippen LogP contribution in [-0.2, 0) is 9.53 Å². The highest BCUT2D eigenvalue weighted by molar-refractivity contribution is 5.75. The first-order valence-corrected chi connectivity index (χ1v) is 8.01. The van der Waals surface area contributed by atoms with Crippen molar-refractivity contribution in [2.24, 2.45) is 11.8 Å². The van der Waals surface area contributed by atoms with E-state index >= 15 is 0 Å². The molecule has 3 N–H and O–H groups in total. The van der Waals surface area contributed by atoms with Crippen LogP contribution >= 0.6 is 0 Å².